The molecule has 0 amide bonds. The number of hydrogen-bond donors (Lipinski definition) is 1. The van der Waals surface area contributed by atoms with E-state index in [9.17, 15) is 5.11 Å². The first-order chi connectivity index (χ1) is 8.26. The Balaban J connectivity index is 2.04. The van der Waals surface area contributed by atoms with Crippen molar-refractivity contribution in [1.29, 1.82) is 0 Å². The summed E-state index contributed by atoms with van der Waals surface area (Å²) >= 11 is 0. The Morgan fingerprint density at radius 1 is 1.12 bits per heavy atom. The highest BCUT2D eigenvalue weighted by Gasteiger charge is 2.17. The predicted molar refractivity (Wildman–Crippen MR) is 70.3 cm³/mol. The van der Waals surface area contributed by atoms with Gasteiger partial charge in [0.2, 0.25) is 0 Å². The van der Waals surface area contributed by atoms with Crippen molar-refractivity contribution in [2.24, 2.45) is 0 Å². The number of unbranched alkanes of at least 4 members (excludes halogenated alkanes) is 1. The Labute approximate surface area is 106 Å². The summed E-state index contributed by atoms with van der Waals surface area (Å²) in [6, 6.07) is 0. The van der Waals surface area contributed by atoms with Crippen LogP contribution in [-0.4, -0.2) is 73.5 Å². The molecule has 102 valence electrons. The van der Waals surface area contributed by atoms with Gasteiger partial charge in [0, 0.05) is 39.3 Å². The van der Waals surface area contributed by atoms with Crippen LogP contribution in [-0.2, 0) is 4.74 Å². The van der Waals surface area contributed by atoms with Crippen LogP contribution in [0.1, 0.15) is 26.7 Å². The minimum atomic E-state index is -0.333. The van der Waals surface area contributed by atoms with E-state index in [1.165, 1.54) is 0 Å². The quantitative estimate of drug-likeness (QED) is 0.641. The molecule has 0 spiro atoms. The van der Waals surface area contributed by atoms with Gasteiger partial charge in [-0.1, -0.05) is 20.3 Å². The Morgan fingerprint density at radius 3 is 2.35 bits per heavy atom. The summed E-state index contributed by atoms with van der Waals surface area (Å²) in [5.74, 6) is 0. The normalized spacial score (nSPS) is 20.6. The lowest BCUT2D eigenvalue weighted by atomic mass is 10.2. The van der Waals surface area contributed by atoms with Gasteiger partial charge in [-0.25, -0.2) is 0 Å². The smallest absolute Gasteiger partial charge is 0.0900 e. The average Bonchev–Trinajstić information content (AvgIpc) is 2.36. The zero-order chi connectivity index (χ0) is 12.5. The molecule has 0 bridgehead atoms. The first-order valence-electron chi connectivity index (χ1n) is 6.96. The topological polar surface area (TPSA) is 35.9 Å². The zero-order valence-corrected chi connectivity index (χ0v) is 11.4. The van der Waals surface area contributed by atoms with E-state index in [4.69, 9.17) is 4.74 Å². The lowest BCUT2D eigenvalue weighted by molar-refractivity contribution is 0.00687. The van der Waals surface area contributed by atoms with E-state index < -0.39 is 0 Å². The van der Waals surface area contributed by atoms with Crippen molar-refractivity contribution >= 4 is 0 Å². The van der Waals surface area contributed by atoms with Gasteiger partial charge < -0.3 is 14.7 Å². The van der Waals surface area contributed by atoms with Crippen LogP contribution >= 0.6 is 0 Å². The summed E-state index contributed by atoms with van der Waals surface area (Å²) < 4.78 is 5.43. The second-order valence-corrected chi connectivity index (χ2v) is 4.82. The molecule has 1 saturated heterocycles. The fourth-order valence-corrected chi connectivity index (χ4v) is 2.10. The Morgan fingerprint density at radius 2 is 1.76 bits per heavy atom. The number of rotatable bonds is 8. The molecular formula is C13H28N2O2. The van der Waals surface area contributed by atoms with Crippen molar-refractivity contribution in [3.63, 3.8) is 0 Å². The molecule has 1 fully saturated rings. The van der Waals surface area contributed by atoms with Crippen LogP contribution in [0.3, 0.4) is 0 Å². The number of nitrogens with zero attached hydrogens (tertiary/aromatic N) is 2. The number of piperazine rings is 1. The second kappa shape index (κ2) is 8.86. The Hall–Kier alpha value is -0.160. The Kier molecular flexibility index (Phi) is 7.77. The van der Waals surface area contributed by atoms with Gasteiger partial charge in [0.1, 0.15) is 0 Å². The second-order valence-electron chi connectivity index (χ2n) is 4.82. The van der Waals surface area contributed by atoms with Crippen molar-refractivity contribution in [1.82, 2.24) is 9.80 Å². The van der Waals surface area contributed by atoms with E-state index in [2.05, 4.69) is 23.6 Å². The maximum Gasteiger partial charge on any atom is 0.0900 e. The van der Waals surface area contributed by atoms with Gasteiger partial charge in [-0.05, 0) is 13.0 Å². The van der Waals surface area contributed by atoms with Crippen molar-refractivity contribution in [2.75, 3.05) is 52.5 Å². The molecule has 0 aromatic carbocycles. The van der Waals surface area contributed by atoms with Crippen LogP contribution in [0.4, 0.5) is 0 Å². The molecule has 0 saturated carbocycles. The largest absolute Gasteiger partial charge is 0.389 e. The standard InChI is InChI=1S/C13H28N2O2/c1-3-5-10-17-12-13(16)11-15-8-6-14(4-2)7-9-15/h13,16H,3-12H2,1-2H3. The zero-order valence-electron chi connectivity index (χ0n) is 11.4. The van der Waals surface area contributed by atoms with Gasteiger partial charge in [0.15, 0.2) is 0 Å². The summed E-state index contributed by atoms with van der Waals surface area (Å²) in [4.78, 5) is 4.78. The molecule has 4 heteroatoms. The van der Waals surface area contributed by atoms with Gasteiger partial charge in [-0.15, -0.1) is 0 Å². The third kappa shape index (κ3) is 6.36. The van der Waals surface area contributed by atoms with E-state index >= 15 is 0 Å². The minimum absolute atomic E-state index is 0.333. The first-order valence-corrected chi connectivity index (χ1v) is 6.96. The minimum Gasteiger partial charge on any atom is -0.389 e. The SMILES string of the molecule is CCCCOCC(O)CN1CCN(CC)CC1. The molecule has 1 rings (SSSR count). The molecule has 0 aliphatic carbocycles. The molecule has 1 atom stereocenters. The molecule has 1 aliphatic rings. The van der Waals surface area contributed by atoms with Crippen LogP contribution in [0.25, 0.3) is 0 Å². The van der Waals surface area contributed by atoms with Crippen molar-refractivity contribution in [2.45, 2.75) is 32.8 Å². The first kappa shape index (κ1) is 14.9. The third-order valence-electron chi connectivity index (χ3n) is 3.33. The number of ether oxygens (including phenoxy) is 1. The van der Waals surface area contributed by atoms with Gasteiger partial charge in [0.25, 0.3) is 0 Å². The van der Waals surface area contributed by atoms with E-state index in [-0.39, 0.29) is 6.10 Å². The fraction of sp³-hybridized carbons (Fsp3) is 1.00. The molecular weight excluding hydrogens is 216 g/mol. The van der Waals surface area contributed by atoms with Crippen LogP contribution in [0.5, 0.6) is 0 Å². The monoisotopic (exact) mass is 244 g/mol. The maximum atomic E-state index is 9.84. The van der Waals surface area contributed by atoms with Crippen LogP contribution in [0.15, 0.2) is 0 Å². The highest BCUT2D eigenvalue weighted by Crippen LogP contribution is 2.02. The lowest BCUT2D eigenvalue weighted by Crippen LogP contribution is -2.48. The summed E-state index contributed by atoms with van der Waals surface area (Å²) in [5, 5.41) is 9.84. The van der Waals surface area contributed by atoms with Crippen molar-refractivity contribution in [3.8, 4) is 0 Å². The van der Waals surface area contributed by atoms with E-state index in [1.807, 2.05) is 0 Å². The summed E-state index contributed by atoms with van der Waals surface area (Å²) in [6.45, 7) is 11.9. The summed E-state index contributed by atoms with van der Waals surface area (Å²) in [5.41, 5.74) is 0. The van der Waals surface area contributed by atoms with E-state index in [0.717, 1.165) is 58.7 Å². The van der Waals surface area contributed by atoms with Crippen LogP contribution in [0, 0.1) is 0 Å². The number of hydrogen-bond acceptors (Lipinski definition) is 4. The lowest BCUT2D eigenvalue weighted by Gasteiger charge is -2.34. The van der Waals surface area contributed by atoms with Gasteiger partial charge in [-0.2, -0.15) is 0 Å². The molecule has 1 heterocycles. The van der Waals surface area contributed by atoms with Crippen molar-refractivity contribution in [3.05, 3.63) is 0 Å². The highest BCUT2D eigenvalue weighted by molar-refractivity contribution is 4.73. The highest BCUT2D eigenvalue weighted by atomic mass is 16.5. The average molecular weight is 244 g/mol. The van der Waals surface area contributed by atoms with Crippen LogP contribution in [0.2, 0.25) is 0 Å². The Bertz CT molecular complexity index is 182. The number of β-amino-alcohol motifs (C(OH)–C–C–N with tert-alkyl or cyclic N) is 1. The van der Waals surface area contributed by atoms with Crippen molar-refractivity contribution < 1.29 is 9.84 Å². The molecule has 1 aliphatic heterocycles. The number of likely N-dealkylation sites (N-methyl/N-ethyl adjacent to an activating group) is 1. The number of aliphatic hydroxyl groups excluding tert-OH is 1. The van der Waals surface area contributed by atoms with E-state index in [1.54, 1.807) is 0 Å². The van der Waals surface area contributed by atoms with Crippen LogP contribution < -0.4 is 0 Å². The molecule has 4 nitrogen and oxygen atoms in total. The molecule has 0 aromatic heterocycles. The molecule has 1 N–H and O–H groups in total. The molecule has 0 aromatic rings. The molecule has 0 radical (unpaired) electrons. The van der Waals surface area contributed by atoms with Gasteiger partial charge in [-0.3, -0.25) is 4.90 Å². The van der Waals surface area contributed by atoms with Gasteiger partial charge in [0.05, 0.1) is 12.7 Å². The summed E-state index contributed by atoms with van der Waals surface area (Å²) in [6.07, 6.45) is 1.90. The molecule has 1 unspecified atom stereocenters. The third-order valence-corrected chi connectivity index (χ3v) is 3.33. The van der Waals surface area contributed by atoms with E-state index in [0.29, 0.717) is 6.61 Å². The fourth-order valence-electron chi connectivity index (χ4n) is 2.10. The predicted octanol–water partition coefficient (Wildman–Crippen LogP) is 0.802. The number of aliphatic hydroxyl groups is 1. The molecule has 17 heavy (non-hydrogen) atoms. The maximum absolute atomic E-state index is 9.84. The van der Waals surface area contributed by atoms with Gasteiger partial charge >= 0.3 is 0 Å². The summed E-state index contributed by atoms with van der Waals surface area (Å²) in [7, 11) is 0.